The predicted molar refractivity (Wildman–Crippen MR) is 63.3 cm³/mol. The molecule has 0 bridgehead atoms. The molecule has 17 heavy (non-hydrogen) atoms. The number of aryl methyl sites for hydroxylation is 1. The Morgan fingerprint density at radius 3 is 2.82 bits per heavy atom. The van der Waals surface area contributed by atoms with Crippen LogP contribution in [-0.4, -0.2) is 16.2 Å². The topological polar surface area (TPSA) is 63.3 Å². The summed E-state index contributed by atoms with van der Waals surface area (Å²) in [6.07, 6.45) is 0.807. The van der Waals surface area contributed by atoms with Crippen molar-refractivity contribution in [2.75, 3.05) is 0 Å². The van der Waals surface area contributed by atoms with Gasteiger partial charge in [-0.15, -0.1) is 0 Å². The van der Waals surface area contributed by atoms with Gasteiger partial charge in [0, 0.05) is 16.7 Å². The van der Waals surface area contributed by atoms with E-state index in [2.05, 4.69) is 5.16 Å². The van der Waals surface area contributed by atoms with Crippen molar-refractivity contribution < 1.29 is 14.4 Å². The van der Waals surface area contributed by atoms with Gasteiger partial charge in [-0.25, -0.2) is 4.79 Å². The second kappa shape index (κ2) is 4.59. The fourth-order valence-electron chi connectivity index (χ4n) is 1.60. The number of aromatic nitrogens is 1. The Morgan fingerprint density at radius 1 is 1.47 bits per heavy atom. The summed E-state index contributed by atoms with van der Waals surface area (Å²) in [5.41, 5.74) is 2.33. The lowest BCUT2D eigenvalue weighted by molar-refractivity contribution is 0.0652. The molecule has 0 saturated carbocycles. The second-order valence-corrected chi connectivity index (χ2v) is 3.97. The number of carboxylic acid groups (broad SMARTS) is 1. The Hall–Kier alpha value is -1.81. The highest BCUT2D eigenvalue weighted by Gasteiger charge is 2.14. The van der Waals surface area contributed by atoms with Crippen molar-refractivity contribution in [1.82, 2.24) is 5.16 Å². The second-order valence-electron chi connectivity index (χ2n) is 3.54. The van der Waals surface area contributed by atoms with Gasteiger partial charge in [0.2, 0.25) is 5.76 Å². The number of carbonyl (C=O) groups is 1. The van der Waals surface area contributed by atoms with Crippen molar-refractivity contribution >= 4 is 17.6 Å². The molecule has 1 N–H and O–H groups in total. The number of halogens is 1. The summed E-state index contributed by atoms with van der Waals surface area (Å²) in [4.78, 5) is 10.7. The van der Waals surface area contributed by atoms with Gasteiger partial charge in [-0.1, -0.05) is 29.7 Å². The Labute approximate surface area is 103 Å². The van der Waals surface area contributed by atoms with Gasteiger partial charge in [0.1, 0.15) is 5.69 Å². The molecule has 4 nitrogen and oxygen atoms in total. The molecule has 0 aliphatic rings. The minimum atomic E-state index is -1.14. The summed E-state index contributed by atoms with van der Waals surface area (Å²) in [5, 5.41) is 13.1. The van der Waals surface area contributed by atoms with Gasteiger partial charge in [0.25, 0.3) is 0 Å². The summed E-state index contributed by atoms with van der Waals surface area (Å²) in [7, 11) is 0. The van der Waals surface area contributed by atoms with Crippen LogP contribution >= 0.6 is 11.6 Å². The van der Waals surface area contributed by atoms with Crippen molar-refractivity contribution in [3.63, 3.8) is 0 Å². The van der Waals surface area contributed by atoms with Crippen LogP contribution in [0.3, 0.4) is 0 Å². The molecule has 0 saturated heterocycles. The SMILES string of the molecule is CCc1ccc(Cl)cc1-c1cc(C(=O)O)on1. The van der Waals surface area contributed by atoms with Gasteiger partial charge in [0.05, 0.1) is 0 Å². The van der Waals surface area contributed by atoms with E-state index in [0.717, 1.165) is 17.5 Å². The average Bonchev–Trinajstić information content (AvgIpc) is 2.78. The van der Waals surface area contributed by atoms with E-state index in [0.29, 0.717) is 10.7 Å². The molecule has 2 aromatic rings. The van der Waals surface area contributed by atoms with E-state index in [4.69, 9.17) is 21.2 Å². The fourth-order valence-corrected chi connectivity index (χ4v) is 1.77. The van der Waals surface area contributed by atoms with Crippen LogP contribution in [0.25, 0.3) is 11.3 Å². The third kappa shape index (κ3) is 2.31. The molecule has 0 amide bonds. The van der Waals surface area contributed by atoms with Crippen LogP contribution in [0.4, 0.5) is 0 Å². The normalized spacial score (nSPS) is 10.5. The lowest BCUT2D eigenvalue weighted by Gasteiger charge is -2.04. The number of hydrogen-bond donors (Lipinski definition) is 1. The van der Waals surface area contributed by atoms with Gasteiger partial charge < -0.3 is 9.63 Å². The van der Waals surface area contributed by atoms with Gasteiger partial charge in [-0.2, -0.15) is 0 Å². The average molecular weight is 252 g/mol. The molecule has 1 heterocycles. The lowest BCUT2D eigenvalue weighted by atomic mass is 10.0. The minimum Gasteiger partial charge on any atom is -0.475 e. The molecule has 0 spiro atoms. The maximum absolute atomic E-state index is 10.7. The van der Waals surface area contributed by atoms with Crippen LogP contribution < -0.4 is 0 Å². The maximum atomic E-state index is 10.7. The summed E-state index contributed by atoms with van der Waals surface area (Å²) in [5.74, 6) is -1.31. The molecule has 0 radical (unpaired) electrons. The van der Waals surface area contributed by atoms with E-state index in [1.54, 1.807) is 12.1 Å². The monoisotopic (exact) mass is 251 g/mol. The Balaban J connectivity index is 2.51. The van der Waals surface area contributed by atoms with Crippen LogP contribution in [0.1, 0.15) is 23.0 Å². The summed E-state index contributed by atoms with van der Waals surface area (Å²) in [6.45, 7) is 2.00. The summed E-state index contributed by atoms with van der Waals surface area (Å²) in [6, 6.07) is 6.84. The molecular formula is C12H10ClNO3. The molecule has 0 fully saturated rings. The first-order chi connectivity index (χ1) is 8.11. The highest BCUT2D eigenvalue weighted by Crippen LogP contribution is 2.27. The fraction of sp³-hybridized carbons (Fsp3) is 0.167. The van der Waals surface area contributed by atoms with E-state index < -0.39 is 5.97 Å². The number of carboxylic acids is 1. The minimum absolute atomic E-state index is 0.179. The largest absolute Gasteiger partial charge is 0.475 e. The quantitative estimate of drug-likeness (QED) is 0.909. The van der Waals surface area contributed by atoms with Crippen LogP contribution in [0, 0.1) is 0 Å². The highest BCUT2D eigenvalue weighted by atomic mass is 35.5. The van der Waals surface area contributed by atoms with Gasteiger partial charge in [-0.3, -0.25) is 0 Å². The van der Waals surface area contributed by atoms with Gasteiger partial charge >= 0.3 is 5.97 Å². The molecule has 0 unspecified atom stereocenters. The lowest BCUT2D eigenvalue weighted by Crippen LogP contribution is -1.92. The van der Waals surface area contributed by atoms with E-state index in [1.165, 1.54) is 6.07 Å². The Morgan fingerprint density at radius 2 is 2.24 bits per heavy atom. The van der Waals surface area contributed by atoms with Crippen molar-refractivity contribution in [2.45, 2.75) is 13.3 Å². The van der Waals surface area contributed by atoms with Crippen LogP contribution in [0.15, 0.2) is 28.8 Å². The van der Waals surface area contributed by atoms with E-state index in [9.17, 15) is 4.79 Å². The van der Waals surface area contributed by atoms with E-state index >= 15 is 0 Å². The van der Waals surface area contributed by atoms with Crippen molar-refractivity contribution in [1.29, 1.82) is 0 Å². The zero-order valence-corrected chi connectivity index (χ0v) is 9.86. The molecular weight excluding hydrogens is 242 g/mol. The van der Waals surface area contributed by atoms with E-state index in [-0.39, 0.29) is 5.76 Å². The van der Waals surface area contributed by atoms with Crippen LogP contribution in [0.2, 0.25) is 5.02 Å². The molecule has 2 rings (SSSR count). The molecule has 0 aliphatic carbocycles. The number of nitrogens with zero attached hydrogens (tertiary/aromatic N) is 1. The third-order valence-corrected chi connectivity index (χ3v) is 2.68. The molecule has 1 aromatic carbocycles. The molecule has 88 valence electrons. The standard InChI is InChI=1S/C12H10ClNO3/c1-2-7-3-4-8(13)5-9(7)10-6-11(12(15)16)17-14-10/h3-6H,2H2,1H3,(H,15,16). The maximum Gasteiger partial charge on any atom is 0.374 e. The number of rotatable bonds is 3. The first-order valence-corrected chi connectivity index (χ1v) is 5.48. The zero-order chi connectivity index (χ0) is 12.4. The molecule has 1 aromatic heterocycles. The van der Waals surface area contributed by atoms with Crippen molar-refractivity contribution in [3.05, 3.63) is 40.6 Å². The van der Waals surface area contributed by atoms with Gasteiger partial charge in [-0.05, 0) is 24.1 Å². The van der Waals surface area contributed by atoms with Gasteiger partial charge in [0.15, 0.2) is 0 Å². The number of aromatic carboxylic acids is 1. The number of hydrogen-bond acceptors (Lipinski definition) is 3. The van der Waals surface area contributed by atoms with Crippen molar-refractivity contribution in [2.24, 2.45) is 0 Å². The number of benzene rings is 1. The van der Waals surface area contributed by atoms with Crippen LogP contribution in [-0.2, 0) is 6.42 Å². The molecule has 0 atom stereocenters. The molecule has 5 heteroatoms. The predicted octanol–water partition coefficient (Wildman–Crippen LogP) is 3.26. The first kappa shape index (κ1) is 11.7. The summed E-state index contributed by atoms with van der Waals surface area (Å²) >= 11 is 5.92. The third-order valence-electron chi connectivity index (χ3n) is 2.45. The van der Waals surface area contributed by atoms with Crippen LogP contribution in [0.5, 0.6) is 0 Å². The van der Waals surface area contributed by atoms with E-state index in [1.807, 2.05) is 13.0 Å². The first-order valence-electron chi connectivity index (χ1n) is 5.10. The highest BCUT2D eigenvalue weighted by molar-refractivity contribution is 6.30. The van der Waals surface area contributed by atoms with Crippen molar-refractivity contribution in [3.8, 4) is 11.3 Å². The Kier molecular flexibility index (Phi) is 3.15. The Bertz CT molecular complexity index is 563. The zero-order valence-electron chi connectivity index (χ0n) is 9.11. The molecule has 0 aliphatic heterocycles. The summed E-state index contributed by atoms with van der Waals surface area (Å²) < 4.78 is 4.73. The smallest absolute Gasteiger partial charge is 0.374 e.